The normalized spacial score (nSPS) is 14.2. The minimum atomic E-state index is -0.179. The van der Waals surface area contributed by atoms with Gasteiger partial charge >= 0.3 is 0 Å². The summed E-state index contributed by atoms with van der Waals surface area (Å²) in [6, 6.07) is 5.20. The van der Waals surface area contributed by atoms with Gasteiger partial charge in [-0.05, 0) is 36.8 Å². The fraction of sp³-hybridized carbons (Fsp3) is 0.385. The third kappa shape index (κ3) is 2.62. The van der Waals surface area contributed by atoms with E-state index in [1.807, 2.05) is 0 Å². The number of carbonyl (C=O) groups excluding carboxylic acids is 2. The van der Waals surface area contributed by atoms with Crippen molar-refractivity contribution in [3.8, 4) is 0 Å². The molecule has 0 bridgehead atoms. The van der Waals surface area contributed by atoms with Crippen LogP contribution in [-0.4, -0.2) is 29.0 Å². The first-order valence-electron chi connectivity index (χ1n) is 5.91. The molecule has 0 radical (unpaired) electrons. The van der Waals surface area contributed by atoms with Crippen molar-refractivity contribution in [3.63, 3.8) is 0 Å². The number of nitrogens with zero attached hydrogens (tertiary/aromatic N) is 1. The average Bonchev–Trinajstić information content (AvgIpc) is 2.59. The molecule has 0 saturated carbocycles. The van der Waals surface area contributed by atoms with Crippen LogP contribution in [0, 0.1) is 0 Å². The summed E-state index contributed by atoms with van der Waals surface area (Å²) >= 11 is 7.45. The summed E-state index contributed by atoms with van der Waals surface area (Å²) in [4.78, 5) is 25.5. The van der Waals surface area contributed by atoms with Crippen LogP contribution in [0.1, 0.15) is 40.0 Å². The highest BCUT2D eigenvalue weighted by Gasteiger charge is 2.34. The SMILES string of the molecule is O=C1c2ccc(Br)cc2C(=O)N1CCCCCS. The van der Waals surface area contributed by atoms with Crippen molar-refractivity contribution in [3.05, 3.63) is 33.8 Å². The van der Waals surface area contributed by atoms with Crippen molar-refractivity contribution in [2.24, 2.45) is 0 Å². The molecule has 0 spiro atoms. The number of imide groups is 1. The van der Waals surface area contributed by atoms with E-state index in [0.29, 0.717) is 17.7 Å². The summed E-state index contributed by atoms with van der Waals surface area (Å²) < 4.78 is 0.819. The Balaban J connectivity index is 2.08. The smallest absolute Gasteiger partial charge is 0.261 e. The van der Waals surface area contributed by atoms with Crippen LogP contribution < -0.4 is 0 Å². The van der Waals surface area contributed by atoms with Gasteiger partial charge in [0.05, 0.1) is 11.1 Å². The molecule has 1 aromatic carbocycles. The van der Waals surface area contributed by atoms with Gasteiger partial charge in [-0.25, -0.2) is 0 Å². The van der Waals surface area contributed by atoms with Crippen LogP contribution in [0.5, 0.6) is 0 Å². The van der Waals surface area contributed by atoms with Gasteiger partial charge in [0, 0.05) is 11.0 Å². The standard InChI is InChI=1S/C13H14BrNO2S/c14-9-4-5-10-11(8-9)13(17)15(12(10)16)6-2-1-3-7-18/h4-5,8,18H,1-3,6-7H2. The summed E-state index contributed by atoms with van der Waals surface area (Å²) in [5, 5.41) is 0. The first kappa shape index (κ1) is 13.6. The topological polar surface area (TPSA) is 37.4 Å². The van der Waals surface area contributed by atoms with Crippen LogP contribution in [0.15, 0.2) is 22.7 Å². The lowest BCUT2D eigenvalue weighted by Crippen LogP contribution is -2.30. The lowest BCUT2D eigenvalue weighted by molar-refractivity contribution is 0.0651. The number of unbranched alkanes of at least 4 members (excludes halogenated alkanes) is 2. The van der Waals surface area contributed by atoms with E-state index in [9.17, 15) is 9.59 Å². The molecule has 1 heterocycles. The predicted octanol–water partition coefficient (Wildman–Crippen LogP) is 3.15. The summed E-state index contributed by atoms with van der Waals surface area (Å²) in [6.07, 6.45) is 2.84. The lowest BCUT2D eigenvalue weighted by Gasteiger charge is -2.13. The quantitative estimate of drug-likeness (QED) is 0.512. The molecule has 3 nitrogen and oxygen atoms in total. The van der Waals surface area contributed by atoms with Crippen LogP contribution in [0.4, 0.5) is 0 Å². The Morgan fingerprint density at radius 2 is 1.78 bits per heavy atom. The van der Waals surface area contributed by atoms with E-state index in [1.165, 1.54) is 4.90 Å². The number of rotatable bonds is 5. The molecule has 0 aromatic heterocycles. The van der Waals surface area contributed by atoms with E-state index in [4.69, 9.17) is 0 Å². The second-order valence-corrected chi connectivity index (χ2v) is 5.60. The van der Waals surface area contributed by atoms with Gasteiger partial charge in [0.2, 0.25) is 0 Å². The average molecular weight is 328 g/mol. The van der Waals surface area contributed by atoms with Crippen molar-refractivity contribution < 1.29 is 9.59 Å². The molecule has 1 aliphatic heterocycles. The molecule has 0 N–H and O–H groups in total. The summed E-state index contributed by atoms with van der Waals surface area (Å²) in [5.74, 6) is 0.491. The molecule has 5 heteroatoms. The molecule has 96 valence electrons. The predicted molar refractivity (Wildman–Crippen MR) is 77.2 cm³/mol. The van der Waals surface area contributed by atoms with Crippen LogP contribution >= 0.6 is 28.6 Å². The van der Waals surface area contributed by atoms with Gasteiger partial charge in [-0.3, -0.25) is 14.5 Å². The van der Waals surface area contributed by atoms with E-state index >= 15 is 0 Å². The molecule has 2 rings (SSSR count). The maximum absolute atomic E-state index is 12.1. The zero-order valence-corrected chi connectivity index (χ0v) is 12.3. The number of hydrogen-bond acceptors (Lipinski definition) is 3. The van der Waals surface area contributed by atoms with Crippen molar-refractivity contribution in [1.82, 2.24) is 4.90 Å². The Morgan fingerprint density at radius 3 is 2.50 bits per heavy atom. The Kier molecular flexibility index (Phi) is 4.45. The second-order valence-electron chi connectivity index (χ2n) is 4.24. The van der Waals surface area contributed by atoms with Crippen molar-refractivity contribution in [2.75, 3.05) is 12.3 Å². The number of hydrogen-bond donors (Lipinski definition) is 1. The highest BCUT2D eigenvalue weighted by atomic mass is 79.9. The highest BCUT2D eigenvalue weighted by molar-refractivity contribution is 9.10. The molecule has 1 aliphatic rings. The third-order valence-corrected chi connectivity index (χ3v) is 3.78. The monoisotopic (exact) mass is 327 g/mol. The minimum absolute atomic E-state index is 0.173. The van der Waals surface area contributed by atoms with Crippen LogP contribution in [0.2, 0.25) is 0 Å². The second kappa shape index (κ2) is 5.89. The number of thiol groups is 1. The Hall–Kier alpha value is -0.810. The van der Waals surface area contributed by atoms with Crippen molar-refractivity contribution >= 4 is 40.4 Å². The Morgan fingerprint density at radius 1 is 1.06 bits per heavy atom. The van der Waals surface area contributed by atoms with Gasteiger partial charge in [0.15, 0.2) is 0 Å². The number of carbonyl (C=O) groups is 2. The van der Waals surface area contributed by atoms with Crippen LogP contribution in [-0.2, 0) is 0 Å². The zero-order valence-electron chi connectivity index (χ0n) is 9.86. The van der Waals surface area contributed by atoms with E-state index in [2.05, 4.69) is 28.6 Å². The number of benzene rings is 1. The Bertz CT molecular complexity index is 490. The summed E-state index contributed by atoms with van der Waals surface area (Å²) in [5.41, 5.74) is 1.01. The molecule has 1 aromatic rings. The molecule has 0 saturated heterocycles. The fourth-order valence-electron chi connectivity index (χ4n) is 2.02. The number of halogens is 1. The van der Waals surface area contributed by atoms with E-state index < -0.39 is 0 Å². The molecule has 0 atom stereocenters. The largest absolute Gasteiger partial charge is 0.274 e. The molecule has 0 aliphatic carbocycles. The van der Waals surface area contributed by atoms with Gasteiger partial charge < -0.3 is 0 Å². The maximum atomic E-state index is 12.1. The third-order valence-electron chi connectivity index (χ3n) is 2.97. The molecule has 18 heavy (non-hydrogen) atoms. The molecular formula is C13H14BrNO2S. The fourth-order valence-corrected chi connectivity index (χ4v) is 2.61. The van der Waals surface area contributed by atoms with E-state index in [-0.39, 0.29) is 11.8 Å². The molecular weight excluding hydrogens is 314 g/mol. The van der Waals surface area contributed by atoms with Gasteiger partial charge in [-0.2, -0.15) is 12.6 Å². The number of fused-ring (bicyclic) bond motifs is 1. The highest BCUT2D eigenvalue weighted by Crippen LogP contribution is 2.26. The summed E-state index contributed by atoms with van der Waals surface area (Å²) in [6.45, 7) is 0.498. The van der Waals surface area contributed by atoms with Gasteiger partial charge in [-0.15, -0.1) is 0 Å². The van der Waals surface area contributed by atoms with Crippen molar-refractivity contribution in [1.29, 1.82) is 0 Å². The van der Waals surface area contributed by atoms with Crippen molar-refractivity contribution in [2.45, 2.75) is 19.3 Å². The first-order chi connectivity index (χ1) is 8.65. The first-order valence-corrected chi connectivity index (χ1v) is 7.34. The van der Waals surface area contributed by atoms with Crippen LogP contribution in [0.25, 0.3) is 0 Å². The Labute approximate surface area is 120 Å². The summed E-state index contributed by atoms with van der Waals surface area (Å²) in [7, 11) is 0. The van der Waals surface area contributed by atoms with E-state index in [1.54, 1.807) is 18.2 Å². The zero-order chi connectivity index (χ0) is 13.1. The van der Waals surface area contributed by atoms with Gasteiger partial charge in [0.25, 0.3) is 11.8 Å². The van der Waals surface area contributed by atoms with Crippen LogP contribution in [0.3, 0.4) is 0 Å². The maximum Gasteiger partial charge on any atom is 0.261 e. The van der Waals surface area contributed by atoms with Gasteiger partial charge in [-0.1, -0.05) is 22.4 Å². The van der Waals surface area contributed by atoms with Gasteiger partial charge in [0.1, 0.15) is 0 Å². The number of amides is 2. The minimum Gasteiger partial charge on any atom is -0.274 e. The molecule has 0 fully saturated rings. The van der Waals surface area contributed by atoms with E-state index in [0.717, 1.165) is 29.5 Å². The lowest BCUT2D eigenvalue weighted by atomic mass is 10.1. The molecule has 2 amide bonds. The molecule has 0 unspecified atom stereocenters.